The molecule has 3 heteroatoms. The van der Waals surface area contributed by atoms with Gasteiger partial charge in [0.1, 0.15) is 22.3 Å². The molecule has 0 unspecified atom stereocenters. The number of rotatable bonds is 3. The fraction of sp³-hybridized carbons (Fsp3) is 0. The molecule has 8 rings (SSSR count). The van der Waals surface area contributed by atoms with Gasteiger partial charge in [0, 0.05) is 32.7 Å². The van der Waals surface area contributed by atoms with Crippen LogP contribution in [0.5, 0.6) is 0 Å². The molecule has 0 atom stereocenters. The number of fused-ring (bicyclic) bond motifs is 6. The van der Waals surface area contributed by atoms with E-state index in [4.69, 9.17) is 8.83 Å². The van der Waals surface area contributed by atoms with E-state index in [1.807, 2.05) is 66.7 Å². The van der Waals surface area contributed by atoms with Crippen molar-refractivity contribution >= 4 is 43.9 Å². The standard InChI is InChI=1S/C37H21NO2/c38-22-24-9-1-2-10-26(24)36-25(23-19-20-35-32(21-23)28-12-4-5-17-33(28)39-35)13-7-14-29(36)31-16-8-15-30-27-11-3-6-18-34(27)40-37(30)31/h1-21H. The Morgan fingerprint density at radius 1 is 0.450 bits per heavy atom. The Kier molecular flexibility index (Phi) is 4.89. The van der Waals surface area contributed by atoms with E-state index in [9.17, 15) is 5.26 Å². The van der Waals surface area contributed by atoms with Gasteiger partial charge in [-0.3, -0.25) is 0 Å². The molecular formula is C37H21NO2. The Labute approximate surface area is 230 Å². The number of para-hydroxylation sites is 3. The van der Waals surface area contributed by atoms with Crippen LogP contribution in [0, 0.1) is 11.3 Å². The van der Waals surface area contributed by atoms with Crippen LogP contribution in [0.1, 0.15) is 5.56 Å². The fourth-order valence-corrected chi connectivity index (χ4v) is 5.96. The molecule has 0 bridgehead atoms. The summed E-state index contributed by atoms with van der Waals surface area (Å²) in [6, 6.07) is 45.5. The number of nitrogens with zero attached hydrogens (tertiary/aromatic N) is 1. The monoisotopic (exact) mass is 511 g/mol. The van der Waals surface area contributed by atoms with Crippen LogP contribution in [0.2, 0.25) is 0 Å². The van der Waals surface area contributed by atoms with Gasteiger partial charge in [0.25, 0.3) is 0 Å². The average Bonchev–Trinajstić information content (AvgIpc) is 3.59. The zero-order chi connectivity index (χ0) is 26.6. The second-order valence-corrected chi connectivity index (χ2v) is 9.98. The Balaban J connectivity index is 1.46. The predicted octanol–water partition coefficient (Wildman–Crippen LogP) is 10.4. The van der Waals surface area contributed by atoms with Gasteiger partial charge < -0.3 is 8.83 Å². The molecular weight excluding hydrogens is 490 g/mol. The van der Waals surface area contributed by atoms with E-state index in [0.717, 1.165) is 77.3 Å². The minimum atomic E-state index is 0.628. The summed E-state index contributed by atoms with van der Waals surface area (Å²) in [5.74, 6) is 0. The minimum absolute atomic E-state index is 0.628. The molecule has 8 aromatic rings. The second-order valence-electron chi connectivity index (χ2n) is 9.98. The summed E-state index contributed by atoms with van der Waals surface area (Å²) in [6.45, 7) is 0. The molecule has 3 nitrogen and oxygen atoms in total. The maximum Gasteiger partial charge on any atom is 0.143 e. The molecule has 0 aliphatic carbocycles. The Morgan fingerprint density at radius 3 is 1.90 bits per heavy atom. The van der Waals surface area contributed by atoms with Crippen molar-refractivity contribution in [1.29, 1.82) is 5.26 Å². The SMILES string of the molecule is N#Cc1ccccc1-c1c(-c2ccc3oc4ccccc4c3c2)cccc1-c1cccc2c1oc1ccccc12. The van der Waals surface area contributed by atoms with Gasteiger partial charge in [-0.2, -0.15) is 5.26 Å². The molecule has 40 heavy (non-hydrogen) atoms. The van der Waals surface area contributed by atoms with Crippen LogP contribution in [0.3, 0.4) is 0 Å². The van der Waals surface area contributed by atoms with Gasteiger partial charge in [-0.05, 0) is 52.6 Å². The Morgan fingerprint density at radius 2 is 1.05 bits per heavy atom. The first-order valence-electron chi connectivity index (χ1n) is 13.2. The van der Waals surface area contributed by atoms with Gasteiger partial charge in [-0.1, -0.05) is 97.1 Å². The van der Waals surface area contributed by atoms with E-state index in [-0.39, 0.29) is 0 Å². The number of hydrogen-bond acceptors (Lipinski definition) is 3. The Hall–Kier alpha value is -5.59. The molecule has 0 spiro atoms. The van der Waals surface area contributed by atoms with Crippen molar-refractivity contribution in [2.45, 2.75) is 0 Å². The van der Waals surface area contributed by atoms with Gasteiger partial charge in [-0.15, -0.1) is 0 Å². The summed E-state index contributed by atoms with van der Waals surface area (Å²) in [6.07, 6.45) is 0. The molecule has 0 amide bonds. The number of nitriles is 1. The summed E-state index contributed by atoms with van der Waals surface area (Å²) in [7, 11) is 0. The van der Waals surface area contributed by atoms with E-state index in [0.29, 0.717) is 5.56 Å². The minimum Gasteiger partial charge on any atom is -0.456 e. The first-order chi connectivity index (χ1) is 19.8. The topological polar surface area (TPSA) is 50.1 Å². The lowest BCUT2D eigenvalue weighted by Crippen LogP contribution is -1.93. The van der Waals surface area contributed by atoms with Crippen LogP contribution in [0.15, 0.2) is 136 Å². The molecule has 0 saturated carbocycles. The second kappa shape index (κ2) is 8.73. The summed E-state index contributed by atoms with van der Waals surface area (Å²) in [4.78, 5) is 0. The van der Waals surface area contributed by atoms with Crippen molar-refractivity contribution in [2.75, 3.05) is 0 Å². The van der Waals surface area contributed by atoms with E-state index in [2.05, 4.69) is 66.7 Å². The zero-order valence-electron chi connectivity index (χ0n) is 21.4. The van der Waals surface area contributed by atoms with Crippen molar-refractivity contribution in [1.82, 2.24) is 0 Å². The summed E-state index contributed by atoms with van der Waals surface area (Å²) in [5.41, 5.74) is 10.0. The van der Waals surface area contributed by atoms with E-state index < -0.39 is 0 Å². The third-order valence-corrected chi connectivity index (χ3v) is 7.76. The van der Waals surface area contributed by atoms with Gasteiger partial charge in [0.15, 0.2) is 0 Å². The maximum atomic E-state index is 10.1. The molecule has 186 valence electrons. The van der Waals surface area contributed by atoms with Gasteiger partial charge in [0.05, 0.1) is 11.6 Å². The Bertz CT molecular complexity index is 2290. The van der Waals surface area contributed by atoms with Gasteiger partial charge >= 0.3 is 0 Å². The molecule has 0 N–H and O–H groups in total. The van der Waals surface area contributed by atoms with Crippen molar-refractivity contribution in [3.63, 3.8) is 0 Å². The van der Waals surface area contributed by atoms with Gasteiger partial charge in [0.2, 0.25) is 0 Å². The van der Waals surface area contributed by atoms with Crippen LogP contribution in [0.25, 0.3) is 77.3 Å². The van der Waals surface area contributed by atoms with E-state index in [1.54, 1.807) is 0 Å². The number of benzene rings is 6. The highest BCUT2D eigenvalue weighted by atomic mass is 16.3. The highest BCUT2D eigenvalue weighted by molar-refractivity contribution is 6.12. The first-order valence-corrected chi connectivity index (χ1v) is 13.2. The lowest BCUT2D eigenvalue weighted by Gasteiger charge is -2.17. The van der Waals surface area contributed by atoms with Crippen LogP contribution in [-0.4, -0.2) is 0 Å². The lowest BCUT2D eigenvalue weighted by molar-refractivity contribution is 0.669. The van der Waals surface area contributed by atoms with Gasteiger partial charge in [-0.25, -0.2) is 0 Å². The molecule has 2 aromatic heterocycles. The quantitative estimate of drug-likeness (QED) is 0.237. The van der Waals surface area contributed by atoms with Crippen molar-refractivity contribution in [3.05, 3.63) is 133 Å². The lowest BCUT2D eigenvalue weighted by atomic mass is 9.85. The largest absolute Gasteiger partial charge is 0.456 e. The summed E-state index contributed by atoms with van der Waals surface area (Å²) >= 11 is 0. The van der Waals surface area contributed by atoms with Crippen molar-refractivity contribution in [2.24, 2.45) is 0 Å². The highest BCUT2D eigenvalue weighted by Crippen LogP contribution is 2.45. The fourth-order valence-electron chi connectivity index (χ4n) is 5.96. The smallest absolute Gasteiger partial charge is 0.143 e. The average molecular weight is 512 g/mol. The molecule has 0 fully saturated rings. The van der Waals surface area contributed by atoms with Crippen LogP contribution >= 0.6 is 0 Å². The zero-order valence-corrected chi connectivity index (χ0v) is 21.4. The summed E-state index contributed by atoms with van der Waals surface area (Å²) in [5, 5.41) is 14.4. The van der Waals surface area contributed by atoms with Crippen LogP contribution in [0.4, 0.5) is 0 Å². The van der Waals surface area contributed by atoms with Crippen LogP contribution in [-0.2, 0) is 0 Å². The van der Waals surface area contributed by atoms with Crippen LogP contribution < -0.4 is 0 Å². The van der Waals surface area contributed by atoms with Crippen molar-refractivity contribution in [3.8, 4) is 39.4 Å². The maximum absolute atomic E-state index is 10.1. The molecule has 0 saturated heterocycles. The molecule has 2 heterocycles. The van der Waals surface area contributed by atoms with Crippen molar-refractivity contribution < 1.29 is 8.83 Å². The number of furan rings is 2. The van der Waals surface area contributed by atoms with E-state index >= 15 is 0 Å². The van der Waals surface area contributed by atoms with E-state index in [1.165, 1.54) is 0 Å². The normalized spacial score (nSPS) is 11.5. The summed E-state index contributed by atoms with van der Waals surface area (Å²) < 4.78 is 12.6. The molecule has 0 aliphatic heterocycles. The third-order valence-electron chi connectivity index (χ3n) is 7.76. The highest BCUT2D eigenvalue weighted by Gasteiger charge is 2.20. The third kappa shape index (κ3) is 3.30. The molecule has 0 radical (unpaired) electrons. The molecule has 6 aromatic carbocycles. The number of hydrogen-bond donors (Lipinski definition) is 0. The predicted molar refractivity (Wildman–Crippen MR) is 162 cm³/mol. The first kappa shape index (κ1) is 22.4. The molecule has 0 aliphatic rings.